The van der Waals surface area contributed by atoms with Crippen LogP contribution < -0.4 is 10.6 Å². The summed E-state index contributed by atoms with van der Waals surface area (Å²) in [6.07, 6.45) is 2.39. The van der Waals surface area contributed by atoms with Crippen molar-refractivity contribution in [1.29, 1.82) is 0 Å². The zero-order valence-electron chi connectivity index (χ0n) is 9.93. The monoisotopic (exact) mass is 235 g/mol. The molecule has 1 aliphatic heterocycles. The molecule has 1 fully saturated rings. The first-order valence-corrected chi connectivity index (χ1v) is 5.87. The van der Waals surface area contributed by atoms with E-state index < -0.39 is 4.92 Å². The number of nitro benzene ring substituents is 1. The standard InChI is InChI=1S/C12H17N3O2/c1-9-3-2-6-14(8-9)12-5-4-10(15(16)17)7-11(12)13/h4-5,7,9H,2-3,6,8,13H2,1H3. The molecule has 0 aromatic heterocycles. The first-order valence-electron chi connectivity index (χ1n) is 5.87. The van der Waals surface area contributed by atoms with Gasteiger partial charge in [0.25, 0.3) is 5.69 Å². The Morgan fingerprint density at radius 1 is 1.53 bits per heavy atom. The van der Waals surface area contributed by atoms with E-state index in [0.717, 1.165) is 25.2 Å². The van der Waals surface area contributed by atoms with Crippen molar-refractivity contribution >= 4 is 17.1 Å². The summed E-state index contributed by atoms with van der Waals surface area (Å²) in [7, 11) is 0. The van der Waals surface area contributed by atoms with Crippen molar-refractivity contribution < 1.29 is 4.92 Å². The van der Waals surface area contributed by atoms with E-state index in [1.807, 2.05) is 0 Å². The molecule has 0 aliphatic carbocycles. The predicted octanol–water partition coefficient (Wildman–Crippen LogP) is 2.41. The Labute approximate surface area is 100 Å². The third-order valence-electron chi connectivity index (χ3n) is 3.22. The lowest BCUT2D eigenvalue weighted by molar-refractivity contribution is -0.384. The molecule has 2 rings (SSSR count). The minimum Gasteiger partial charge on any atom is -0.397 e. The third-order valence-corrected chi connectivity index (χ3v) is 3.22. The minimum atomic E-state index is -0.418. The van der Waals surface area contributed by atoms with Crippen LogP contribution in [-0.4, -0.2) is 18.0 Å². The maximum Gasteiger partial charge on any atom is 0.271 e. The van der Waals surface area contributed by atoms with Gasteiger partial charge in [-0.2, -0.15) is 0 Å². The van der Waals surface area contributed by atoms with Crippen LogP contribution in [0.3, 0.4) is 0 Å². The quantitative estimate of drug-likeness (QED) is 0.485. The number of nitrogen functional groups attached to an aromatic ring is 1. The summed E-state index contributed by atoms with van der Waals surface area (Å²) in [6.45, 7) is 4.17. The van der Waals surface area contributed by atoms with Crippen LogP contribution in [0.2, 0.25) is 0 Å². The molecule has 1 aliphatic rings. The van der Waals surface area contributed by atoms with E-state index >= 15 is 0 Å². The molecule has 17 heavy (non-hydrogen) atoms. The van der Waals surface area contributed by atoms with Gasteiger partial charge in [-0.3, -0.25) is 10.1 Å². The largest absolute Gasteiger partial charge is 0.397 e. The van der Waals surface area contributed by atoms with Gasteiger partial charge in [0.1, 0.15) is 0 Å². The van der Waals surface area contributed by atoms with Crippen molar-refractivity contribution in [3.05, 3.63) is 28.3 Å². The number of non-ortho nitro benzene ring substituents is 1. The van der Waals surface area contributed by atoms with Gasteiger partial charge in [0, 0.05) is 25.2 Å². The highest BCUT2D eigenvalue weighted by molar-refractivity contribution is 5.70. The lowest BCUT2D eigenvalue weighted by Gasteiger charge is -2.33. The predicted molar refractivity (Wildman–Crippen MR) is 68.1 cm³/mol. The molecule has 1 heterocycles. The van der Waals surface area contributed by atoms with E-state index in [9.17, 15) is 10.1 Å². The summed E-state index contributed by atoms with van der Waals surface area (Å²) in [5.74, 6) is 0.651. The van der Waals surface area contributed by atoms with Crippen molar-refractivity contribution in [1.82, 2.24) is 0 Å². The number of nitrogens with zero attached hydrogens (tertiary/aromatic N) is 2. The van der Waals surface area contributed by atoms with Crippen LogP contribution in [0.15, 0.2) is 18.2 Å². The number of benzene rings is 1. The fourth-order valence-corrected chi connectivity index (χ4v) is 2.35. The molecule has 0 saturated carbocycles. The molecule has 1 atom stereocenters. The first-order chi connectivity index (χ1) is 8.08. The van der Waals surface area contributed by atoms with Crippen molar-refractivity contribution in [2.75, 3.05) is 23.7 Å². The second kappa shape index (κ2) is 4.61. The van der Waals surface area contributed by atoms with Crippen molar-refractivity contribution in [3.63, 3.8) is 0 Å². The molecular formula is C12H17N3O2. The molecule has 0 amide bonds. The molecule has 2 N–H and O–H groups in total. The smallest absolute Gasteiger partial charge is 0.271 e. The summed E-state index contributed by atoms with van der Waals surface area (Å²) in [5, 5.41) is 10.6. The van der Waals surface area contributed by atoms with Gasteiger partial charge in [-0.15, -0.1) is 0 Å². The number of hydrogen-bond acceptors (Lipinski definition) is 4. The zero-order chi connectivity index (χ0) is 12.4. The van der Waals surface area contributed by atoms with Crippen molar-refractivity contribution in [2.24, 2.45) is 5.92 Å². The normalized spacial score (nSPS) is 20.3. The van der Waals surface area contributed by atoms with Crippen LogP contribution in [0.25, 0.3) is 0 Å². The molecule has 0 radical (unpaired) electrons. The van der Waals surface area contributed by atoms with Crippen LogP contribution in [0.5, 0.6) is 0 Å². The average Bonchev–Trinajstić information content (AvgIpc) is 2.28. The summed E-state index contributed by atoms with van der Waals surface area (Å²) < 4.78 is 0. The fraction of sp³-hybridized carbons (Fsp3) is 0.500. The number of nitrogens with two attached hydrogens (primary N) is 1. The van der Waals surface area contributed by atoms with E-state index in [1.54, 1.807) is 6.07 Å². The van der Waals surface area contributed by atoms with E-state index in [0.29, 0.717) is 11.6 Å². The van der Waals surface area contributed by atoms with Crippen LogP contribution in [0.1, 0.15) is 19.8 Å². The van der Waals surface area contributed by atoms with Crippen molar-refractivity contribution in [2.45, 2.75) is 19.8 Å². The number of nitro groups is 1. The Kier molecular flexibility index (Phi) is 3.17. The van der Waals surface area contributed by atoms with Crippen LogP contribution in [0, 0.1) is 16.0 Å². The molecule has 1 unspecified atom stereocenters. The molecule has 1 saturated heterocycles. The summed E-state index contributed by atoms with van der Waals surface area (Å²) in [5.41, 5.74) is 7.35. The number of anilines is 2. The summed E-state index contributed by atoms with van der Waals surface area (Å²) in [6, 6.07) is 4.71. The molecule has 0 bridgehead atoms. The fourth-order valence-electron chi connectivity index (χ4n) is 2.35. The van der Waals surface area contributed by atoms with E-state index in [1.165, 1.54) is 18.6 Å². The van der Waals surface area contributed by atoms with Crippen LogP contribution in [-0.2, 0) is 0 Å². The van der Waals surface area contributed by atoms with Gasteiger partial charge in [-0.25, -0.2) is 0 Å². The Bertz CT molecular complexity index is 434. The highest BCUT2D eigenvalue weighted by Gasteiger charge is 2.19. The number of rotatable bonds is 2. The second-order valence-corrected chi connectivity index (χ2v) is 4.69. The maximum atomic E-state index is 10.6. The Balaban J connectivity index is 2.23. The van der Waals surface area contributed by atoms with Crippen LogP contribution in [0.4, 0.5) is 17.1 Å². The van der Waals surface area contributed by atoms with Gasteiger partial charge in [-0.05, 0) is 24.8 Å². The summed E-state index contributed by atoms with van der Waals surface area (Å²) >= 11 is 0. The lowest BCUT2D eigenvalue weighted by Crippen LogP contribution is -2.34. The molecule has 1 aromatic rings. The van der Waals surface area contributed by atoms with Gasteiger partial charge < -0.3 is 10.6 Å². The molecule has 1 aromatic carbocycles. The molecule has 92 valence electrons. The average molecular weight is 235 g/mol. The Hall–Kier alpha value is -1.78. The van der Waals surface area contributed by atoms with E-state index in [2.05, 4.69) is 11.8 Å². The van der Waals surface area contributed by atoms with Gasteiger partial charge in [0.2, 0.25) is 0 Å². The molecular weight excluding hydrogens is 218 g/mol. The highest BCUT2D eigenvalue weighted by Crippen LogP contribution is 2.30. The SMILES string of the molecule is CC1CCCN(c2ccc([N+](=O)[O-])cc2N)C1. The number of piperidine rings is 1. The van der Waals surface area contributed by atoms with E-state index in [-0.39, 0.29) is 5.69 Å². The van der Waals surface area contributed by atoms with Gasteiger partial charge in [0.15, 0.2) is 0 Å². The van der Waals surface area contributed by atoms with E-state index in [4.69, 9.17) is 5.73 Å². The minimum absolute atomic E-state index is 0.0521. The molecule has 0 spiro atoms. The van der Waals surface area contributed by atoms with Gasteiger partial charge >= 0.3 is 0 Å². The first kappa shape index (κ1) is 11.7. The lowest BCUT2D eigenvalue weighted by atomic mass is 9.99. The van der Waals surface area contributed by atoms with Gasteiger partial charge in [-0.1, -0.05) is 6.92 Å². The topological polar surface area (TPSA) is 72.4 Å². The highest BCUT2D eigenvalue weighted by atomic mass is 16.6. The Morgan fingerprint density at radius 3 is 2.88 bits per heavy atom. The van der Waals surface area contributed by atoms with Crippen LogP contribution >= 0.6 is 0 Å². The summed E-state index contributed by atoms with van der Waals surface area (Å²) in [4.78, 5) is 12.4. The van der Waals surface area contributed by atoms with Crippen molar-refractivity contribution in [3.8, 4) is 0 Å². The zero-order valence-corrected chi connectivity index (χ0v) is 9.93. The van der Waals surface area contributed by atoms with Gasteiger partial charge in [0.05, 0.1) is 16.3 Å². The molecule has 5 heteroatoms. The number of hydrogen-bond donors (Lipinski definition) is 1. The second-order valence-electron chi connectivity index (χ2n) is 4.69. The Morgan fingerprint density at radius 2 is 2.29 bits per heavy atom. The maximum absolute atomic E-state index is 10.6. The third kappa shape index (κ3) is 2.49. The molecule has 5 nitrogen and oxygen atoms in total.